The molecule has 1 amide bonds. The van der Waals surface area contributed by atoms with Gasteiger partial charge in [0.15, 0.2) is 23.3 Å². The second kappa shape index (κ2) is 7.00. The molecule has 0 spiro atoms. The maximum Gasteiger partial charge on any atom is 0.303 e. The number of rotatable bonds is 6. The van der Waals surface area contributed by atoms with Gasteiger partial charge in [0, 0.05) is 12.8 Å². The summed E-state index contributed by atoms with van der Waals surface area (Å²) in [5.41, 5.74) is -1.42. The van der Waals surface area contributed by atoms with Crippen molar-refractivity contribution < 1.29 is 36.6 Å². The van der Waals surface area contributed by atoms with E-state index in [9.17, 15) is 31.5 Å². The second-order valence-corrected chi connectivity index (χ2v) is 4.09. The number of carboxylic acids is 1. The van der Waals surface area contributed by atoms with Gasteiger partial charge in [0.2, 0.25) is 11.7 Å². The van der Waals surface area contributed by atoms with Gasteiger partial charge in [0.1, 0.15) is 5.69 Å². The molecule has 0 aliphatic heterocycles. The molecule has 0 saturated carbocycles. The number of amides is 1. The van der Waals surface area contributed by atoms with E-state index in [1.165, 1.54) is 0 Å². The minimum absolute atomic E-state index is 0.0908. The van der Waals surface area contributed by atoms with Crippen LogP contribution in [0, 0.1) is 29.1 Å². The third-order valence-electron chi connectivity index (χ3n) is 2.52. The van der Waals surface area contributed by atoms with Gasteiger partial charge in [-0.15, -0.1) is 0 Å². The molecule has 0 saturated heterocycles. The molecule has 0 radical (unpaired) electrons. The summed E-state index contributed by atoms with van der Waals surface area (Å²) in [6, 6.07) is 0. The highest BCUT2D eigenvalue weighted by atomic mass is 19.2. The number of hydrogen-bond acceptors (Lipinski definition) is 2. The first-order chi connectivity index (χ1) is 9.75. The smallest absolute Gasteiger partial charge is 0.303 e. The van der Waals surface area contributed by atoms with E-state index in [1.807, 2.05) is 0 Å². The molecule has 0 aliphatic carbocycles. The lowest BCUT2D eigenvalue weighted by Gasteiger charge is -2.09. The maximum absolute atomic E-state index is 13.2. The third kappa shape index (κ3) is 4.14. The van der Waals surface area contributed by atoms with E-state index >= 15 is 0 Å². The SMILES string of the molecule is O=C(O)CCCCC(=O)Nc1c(F)c(F)c(F)c(F)c1F. The summed E-state index contributed by atoms with van der Waals surface area (Å²) < 4.78 is 65.0. The summed E-state index contributed by atoms with van der Waals surface area (Å²) in [5.74, 6) is -13.0. The normalized spacial score (nSPS) is 10.5. The van der Waals surface area contributed by atoms with Crippen LogP contribution in [-0.2, 0) is 9.59 Å². The molecule has 1 aromatic rings. The summed E-state index contributed by atoms with van der Waals surface area (Å²) in [6.45, 7) is 0. The number of unbranched alkanes of at least 4 members (excludes halogenated alkanes) is 1. The van der Waals surface area contributed by atoms with Crippen LogP contribution in [0.5, 0.6) is 0 Å². The van der Waals surface area contributed by atoms with E-state index in [1.54, 1.807) is 5.32 Å². The predicted molar refractivity (Wildman–Crippen MR) is 61.0 cm³/mol. The minimum Gasteiger partial charge on any atom is -0.481 e. The van der Waals surface area contributed by atoms with Gasteiger partial charge < -0.3 is 10.4 Å². The number of hydrogen-bond donors (Lipinski definition) is 2. The molecule has 0 heterocycles. The minimum atomic E-state index is -2.32. The van der Waals surface area contributed by atoms with Gasteiger partial charge in [-0.2, -0.15) is 0 Å². The topological polar surface area (TPSA) is 66.4 Å². The van der Waals surface area contributed by atoms with Crippen molar-refractivity contribution in [2.75, 3.05) is 5.32 Å². The van der Waals surface area contributed by atoms with Gasteiger partial charge in [0.25, 0.3) is 0 Å². The molecule has 0 atom stereocenters. The molecule has 0 aromatic heterocycles. The Kier molecular flexibility index (Phi) is 5.62. The predicted octanol–water partition coefficient (Wildman–Crippen LogP) is 2.97. The molecule has 1 rings (SSSR count). The highest BCUT2D eigenvalue weighted by molar-refractivity contribution is 5.91. The number of nitrogens with one attached hydrogen (secondary N) is 1. The van der Waals surface area contributed by atoms with E-state index < -0.39 is 46.6 Å². The monoisotopic (exact) mass is 311 g/mol. The van der Waals surface area contributed by atoms with Gasteiger partial charge in [-0.3, -0.25) is 9.59 Å². The molecule has 21 heavy (non-hydrogen) atoms. The van der Waals surface area contributed by atoms with E-state index in [0.717, 1.165) is 0 Å². The molecule has 0 aliphatic rings. The number of benzene rings is 1. The van der Waals surface area contributed by atoms with Crippen molar-refractivity contribution in [3.8, 4) is 0 Å². The van der Waals surface area contributed by atoms with Crippen LogP contribution in [0.25, 0.3) is 0 Å². The zero-order valence-corrected chi connectivity index (χ0v) is 10.5. The van der Waals surface area contributed by atoms with Crippen molar-refractivity contribution in [2.45, 2.75) is 25.7 Å². The summed E-state index contributed by atoms with van der Waals surface area (Å²) >= 11 is 0. The van der Waals surface area contributed by atoms with Crippen molar-refractivity contribution in [2.24, 2.45) is 0 Å². The van der Waals surface area contributed by atoms with E-state index in [2.05, 4.69) is 0 Å². The van der Waals surface area contributed by atoms with Crippen LogP contribution in [0.15, 0.2) is 0 Å². The maximum atomic E-state index is 13.2. The quantitative estimate of drug-likeness (QED) is 0.367. The highest BCUT2D eigenvalue weighted by Gasteiger charge is 2.26. The fourth-order valence-corrected chi connectivity index (χ4v) is 1.48. The number of anilines is 1. The fraction of sp³-hybridized carbons (Fsp3) is 0.333. The average Bonchev–Trinajstić information content (AvgIpc) is 2.44. The zero-order chi connectivity index (χ0) is 16.2. The van der Waals surface area contributed by atoms with Crippen LogP contribution < -0.4 is 5.32 Å². The van der Waals surface area contributed by atoms with E-state index in [-0.39, 0.29) is 25.7 Å². The van der Waals surface area contributed by atoms with Crippen LogP contribution in [0.2, 0.25) is 0 Å². The second-order valence-electron chi connectivity index (χ2n) is 4.09. The number of carbonyl (C=O) groups excluding carboxylic acids is 1. The standard InChI is InChI=1S/C12H10F5NO3/c13-7-8(14)10(16)12(11(17)9(7)15)18-5(19)3-1-2-4-6(20)21/h1-4H2,(H,18,19)(H,20,21). The molecule has 4 nitrogen and oxygen atoms in total. The zero-order valence-electron chi connectivity index (χ0n) is 10.5. The third-order valence-corrected chi connectivity index (χ3v) is 2.52. The van der Waals surface area contributed by atoms with Gasteiger partial charge in [-0.25, -0.2) is 22.0 Å². The molecule has 9 heteroatoms. The lowest BCUT2D eigenvalue weighted by atomic mass is 10.2. The number of halogens is 5. The molecular formula is C12H10F5NO3. The van der Waals surface area contributed by atoms with E-state index in [0.29, 0.717) is 0 Å². The van der Waals surface area contributed by atoms with Crippen molar-refractivity contribution >= 4 is 17.6 Å². The Labute approximate surface area is 115 Å². The first-order valence-electron chi connectivity index (χ1n) is 5.78. The van der Waals surface area contributed by atoms with Crippen LogP contribution in [0.4, 0.5) is 27.6 Å². The van der Waals surface area contributed by atoms with Crippen LogP contribution in [0.3, 0.4) is 0 Å². The van der Waals surface area contributed by atoms with Crippen LogP contribution in [-0.4, -0.2) is 17.0 Å². The first-order valence-corrected chi connectivity index (χ1v) is 5.78. The Hall–Kier alpha value is -2.19. The van der Waals surface area contributed by atoms with Crippen molar-refractivity contribution in [3.05, 3.63) is 29.1 Å². The molecule has 0 unspecified atom stereocenters. The number of carboxylic acid groups (broad SMARTS) is 1. The van der Waals surface area contributed by atoms with Crippen molar-refractivity contribution in [3.63, 3.8) is 0 Å². The van der Waals surface area contributed by atoms with Gasteiger partial charge in [-0.1, -0.05) is 0 Å². The number of aliphatic carboxylic acids is 1. The molecule has 116 valence electrons. The van der Waals surface area contributed by atoms with Gasteiger partial charge in [-0.05, 0) is 12.8 Å². The Balaban J connectivity index is 2.75. The summed E-state index contributed by atoms with van der Waals surface area (Å²) in [4.78, 5) is 21.6. The molecule has 1 aromatic carbocycles. The lowest BCUT2D eigenvalue weighted by molar-refractivity contribution is -0.137. The van der Waals surface area contributed by atoms with Crippen molar-refractivity contribution in [1.82, 2.24) is 0 Å². The number of carbonyl (C=O) groups is 2. The molecular weight excluding hydrogens is 301 g/mol. The molecule has 0 bridgehead atoms. The largest absolute Gasteiger partial charge is 0.481 e. The molecule has 2 N–H and O–H groups in total. The Bertz CT molecular complexity index is 547. The summed E-state index contributed by atoms with van der Waals surface area (Å²) in [7, 11) is 0. The Morgan fingerprint density at radius 1 is 0.810 bits per heavy atom. The van der Waals surface area contributed by atoms with Crippen LogP contribution in [0.1, 0.15) is 25.7 Å². The lowest BCUT2D eigenvalue weighted by Crippen LogP contribution is -2.16. The first kappa shape index (κ1) is 16.9. The molecule has 0 fully saturated rings. The fourth-order valence-electron chi connectivity index (χ4n) is 1.48. The Morgan fingerprint density at radius 2 is 1.24 bits per heavy atom. The van der Waals surface area contributed by atoms with E-state index in [4.69, 9.17) is 5.11 Å². The van der Waals surface area contributed by atoms with Crippen LogP contribution >= 0.6 is 0 Å². The summed E-state index contributed by atoms with van der Waals surface area (Å²) in [5, 5.41) is 9.95. The Morgan fingerprint density at radius 3 is 1.71 bits per heavy atom. The average molecular weight is 311 g/mol. The van der Waals surface area contributed by atoms with Gasteiger partial charge >= 0.3 is 5.97 Å². The van der Waals surface area contributed by atoms with Crippen molar-refractivity contribution in [1.29, 1.82) is 0 Å². The van der Waals surface area contributed by atoms with Gasteiger partial charge in [0.05, 0.1) is 0 Å². The summed E-state index contributed by atoms with van der Waals surface area (Å²) in [6.07, 6.45) is -0.282. The highest BCUT2D eigenvalue weighted by Crippen LogP contribution is 2.27.